The molecule has 0 aliphatic carbocycles. The van der Waals surface area contributed by atoms with Crippen molar-refractivity contribution in [1.29, 1.82) is 5.41 Å². The van der Waals surface area contributed by atoms with E-state index in [4.69, 9.17) is 11.1 Å². The minimum Gasteiger partial charge on any atom is -0.480 e. The zero-order chi connectivity index (χ0) is 27.1. The molecule has 2 atom stereocenters. The van der Waals surface area contributed by atoms with Crippen molar-refractivity contribution >= 4 is 35.0 Å². The molecule has 1 aliphatic rings. The van der Waals surface area contributed by atoms with Crippen molar-refractivity contribution in [3.63, 3.8) is 0 Å². The molecule has 0 saturated carbocycles. The number of aliphatic carboxylic acids is 1. The van der Waals surface area contributed by atoms with E-state index in [1.54, 1.807) is 11.0 Å². The highest BCUT2D eigenvalue weighted by atomic mass is 32.1. The van der Waals surface area contributed by atoms with Crippen molar-refractivity contribution in [2.45, 2.75) is 37.4 Å². The monoisotopic (exact) mass is 533 g/mol. The summed E-state index contributed by atoms with van der Waals surface area (Å²) >= 11 is 1.34. The molecular weight excluding hydrogens is 502 g/mol. The highest BCUT2D eigenvalue weighted by molar-refractivity contribution is 7.14. The highest BCUT2D eigenvalue weighted by Gasteiger charge is 2.40. The number of nitrogens with one attached hydrogen (secondary N) is 3. The number of likely N-dealkylation sites (tertiary alicyclic amines) is 1. The Morgan fingerprint density at radius 3 is 2.21 bits per heavy atom. The predicted molar refractivity (Wildman–Crippen MR) is 146 cm³/mol. The number of nitrogen functional groups attached to an aromatic ring is 1. The highest BCUT2D eigenvalue weighted by Crippen LogP contribution is 2.31. The number of carboxylic acids is 1. The van der Waals surface area contributed by atoms with Crippen LogP contribution in [-0.2, 0) is 20.9 Å². The van der Waals surface area contributed by atoms with Gasteiger partial charge in [-0.3, -0.25) is 25.1 Å². The topological polar surface area (TPSA) is 149 Å². The summed E-state index contributed by atoms with van der Waals surface area (Å²) in [6.07, 6.45) is 1.19. The molecule has 38 heavy (non-hydrogen) atoms. The van der Waals surface area contributed by atoms with Gasteiger partial charge in [0.1, 0.15) is 11.9 Å². The number of nitrogens with zero attached hydrogens (tertiary/aromatic N) is 1. The molecule has 3 aromatic rings. The lowest BCUT2D eigenvalue weighted by atomic mass is 9.84. The Hall–Kier alpha value is -4.02. The summed E-state index contributed by atoms with van der Waals surface area (Å²) in [6, 6.07) is 21.0. The molecule has 2 heterocycles. The number of carbonyl (C=O) groups is 3. The number of nitrogens with two attached hydrogens (primary N) is 1. The second-order valence-corrected chi connectivity index (χ2v) is 10.3. The Kier molecular flexibility index (Phi) is 8.88. The van der Waals surface area contributed by atoms with Crippen LogP contribution < -0.4 is 16.4 Å². The van der Waals surface area contributed by atoms with Gasteiger partial charge in [0.15, 0.2) is 0 Å². The second kappa shape index (κ2) is 12.5. The molecule has 4 rings (SSSR count). The molecule has 2 aromatic carbocycles. The summed E-state index contributed by atoms with van der Waals surface area (Å²) in [6.45, 7) is 0.284. The molecule has 10 heteroatoms. The Bertz CT molecular complexity index is 1240. The van der Waals surface area contributed by atoms with E-state index >= 15 is 0 Å². The fourth-order valence-electron chi connectivity index (χ4n) is 4.83. The van der Waals surface area contributed by atoms with Crippen molar-refractivity contribution in [3.8, 4) is 0 Å². The van der Waals surface area contributed by atoms with Crippen molar-refractivity contribution in [1.82, 2.24) is 15.5 Å². The first-order valence-corrected chi connectivity index (χ1v) is 13.2. The summed E-state index contributed by atoms with van der Waals surface area (Å²) in [5, 5.41) is 22.8. The molecule has 1 fully saturated rings. The van der Waals surface area contributed by atoms with Gasteiger partial charge < -0.3 is 21.1 Å². The van der Waals surface area contributed by atoms with Crippen molar-refractivity contribution in [3.05, 3.63) is 93.7 Å². The molecule has 0 bridgehead atoms. The van der Waals surface area contributed by atoms with Gasteiger partial charge in [0.05, 0.1) is 24.0 Å². The third-order valence-corrected chi connectivity index (χ3v) is 7.71. The minimum absolute atomic E-state index is 0.0218. The average molecular weight is 534 g/mol. The zero-order valence-electron chi connectivity index (χ0n) is 20.8. The molecule has 198 valence electrons. The maximum Gasteiger partial charge on any atom is 0.317 e. The molecule has 1 aromatic heterocycles. The SMILES string of the molecule is N=C(N)c1ccc(CNC(=O)[C@@H]2CCCN2C(=O)C(NCC(=O)O)C(c2ccccc2)c2ccccc2)s1. The third-order valence-electron chi connectivity index (χ3n) is 6.59. The van der Waals surface area contributed by atoms with Crippen LogP contribution in [0.4, 0.5) is 0 Å². The molecule has 6 N–H and O–H groups in total. The molecular formula is C28H31N5O4S. The van der Waals surface area contributed by atoms with E-state index in [1.165, 1.54) is 11.3 Å². The second-order valence-electron chi connectivity index (χ2n) is 9.14. The third kappa shape index (κ3) is 6.45. The molecule has 1 unspecified atom stereocenters. The quantitative estimate of drug-likeness (QED) is 0.189. The Morgan fingerprint density at radius 1 is 1.03 bits per heavy atom. The maximum atomic E-state index is 14.1. The molecule has 9 nitrogen and oxygen atoms in total. The smallest absolute Gasteiger partial charge is 0.317 e. The lowest BCUT2D eigenvalue weighted by Gasteiger charge is -2.33. The van der Waals surface area contributed by atoms with Gasteiger partial charge >= 0.3 is 5.97 Å². The van der Waals surface area contributed by atoms with Crippen LogP contribution in [0.1, 0.15) is 39.6 Å². The van der Waals surface area contributed by atoms with Gasteiger partial charge in [0.25, 0.3) is 0 Å². The molecule has 0 spiro atoms. The van der Waals surface area contributed by atoms with E-state index in [-0.39, 0.29) is 24.2 Å². The first-order valence-electron chi connectivity index (χ1n) is 12.4. The van der Waals surface area contributed by atoms with Crippen LogP contribution in [0.2, 0.25) is 0 Å². The van der Waals surface area contributed by atoms with E-state index in [0.717, 1.165) is 16.0 Å². The summed E-state index contributed by atoms with van der Waals surface area (Å²) in [7, 11) is 0. The number of thiophene rings is 1. The summed E-state index contributed by atoms with van der Waals surface area (Å²) in [5.74, 6) is -2.12. The van der Waals surface area contributed by atoms with E-state index in [0.29, 0.717) is 24.3 Å². The van der Waals surface area contributed by atoms with Crippen molar-refractivity contribution in [2.24, 2.45) is 5.73 Å². The van der Waals surface area contributed by atoms with Gasteiger partial charge in [-0.15, -0.1) is 11.3 Å². The lowest BCUT2D eigenvalue weighted by Crippen LogP contribution is -2.55. The molecule has 2 amide bonds. The van der Waals surface area contributed by atoms with E-state index in [2.05, 4.69) is 10.6 Å². The summed E-state index contributed by atoms with van der Waals surface area (Å²) < 4.78 is 0. The number of benzene rings is 2. The van der Waals surface area contributed by atoms with Crippen LogP contribution >= 0.6 is 11.3 Å². The Labute approximate surface area is 225 Å². The van der Waals surface area contributed by atoms with Crippen LogP contribution in [0.15, 0.2) is 72.8 Å². The molecule has 0 radical (unpaired) electrons. The number of hydrogen-bond donors (Lipinski definition) is 5. The number of carbonyl (C=O) groups excluding carboxylic acids is 2. The van der Waals surface area contributed by atoms with Gasteiger partial charge in [-0.05, 0) is 36.1 Å². The van der Waals surface area contributed by atoms with E-state index in [1.807, 2.05) is 66.7 Å². The van der Waals surface area contributed by atoms with Crippen molar-refractivity contribution < 1.29 is 19.5 Å². The van der Waals surface area contributed by atoms with Crippen LogP contribution in [0, 0.1) is 5.41 Å². The van der Waals surface area contributed by atoms with E-state index in [9.17, 15) is 19.5 Å². The van der Waals surface area contributed by atoms with Gasteiger partial charge in [-0.1, -0.05) is 60.7 Å². The van der Waals surface area contributed by atoms with E-state index < -0.39 is 30.5 Å². The van der Waals surface area contributed by atoms with Crippen LogP contribution in [0.3, 0.4) is 0 Å². The molecule has 1 saturated heterocycles. The van der Waals surface area contributed by atoms with Gasteiger partial charge in [-0.25, -0.2) is 0 Å². The largest absolute Gasteiger partial charge is 0.480 e. The lowest BCUT2D eigenvalue weighted by molar-refractivity contribution is -0.141. The standard InChI is InChI=1S/C28H31N5O4S/c29-26(30)22-14-13-20(38-22)16-32-27(36)21-12-7-15-33(21)28(37)25(31-17-23(34)35)24(18-8-3-1-4-9-18)19-10-5-2-6-11-19/h1-6,8-11,13-14,21,24-25,31H,7,12,15-17H2,(H3,29,30)(H,32,36)(H,34,35)/t21-,25?/m0/s1. The van der Waals surface area contributed by atoms with Crippen LogP contribution in [0.5, 0.6) is 0 Å². The maximum absolute atomic E-state index is 14.1. The first kappa shape index (κ1) is 27.0. The fourth-order valence-corrected chi connectivity index (χ4v) is 5.64. The first-order chi connectivity index (χ1) is 18.3. The number of amides is 2. The van der Waals surface area contributed by atoms with Crippen LogP contribution in [0.25, 0.3) is 0 Å². The number of rotatable bonds is 11. The number of carboxylic acid groups (broad SMARTS) is 1. The normalized spacial score (nSPS) is 15.8. The van der Waals surface area contributed by atoms with Gasteiger partial charge in [0, 0.05) is 17.3 Å². The van der Waals surface area contributed by atoms with Crippen LogP contribution in [-0.4, -0.2) is 58.8 Å². The zero-order valence-corrected chi connectivity index (χ0v) is 21.6. The fraction of sp³-hybridized carbons (Fsp3) is 0.286. The Morgan fingerprint density at radius 2 is 1.66 bits per heavy atom. The number of hydrogen-bond acceptors (Lipinski definition) is 6. The summed E-state index contributed by atoms with van der Waals surface area (Å²) in [5.41, 5.74) is 7.27. The summed E-state index contributed by atoms with van der Waals surface area (Å²) in [4.78, 5) is 41.8. The minimum atomic E-state index is -1.07. The van der Waals surface area contributed by atoms with Crippen molar-refractivity contribution in [2.75, 3.05) is 13.1 Å². The number of amidine groups is 1. The van der Waals surface area contributed by atoms with Gasteiger partial charge in [0.2, 0.25) is 11.8 Å². The predicted octanol–water partition coefficient (Wildman–Crippen LogP) is 2.51. The molecule has 1 aliphatic heterocycles. The Balaban J connectivity index is 1.58. The average Bonchev–Trinajstić information content (AvgIpc) is 3.61. The van der Waals surface area contributed by atoms with Gasteiger partial charge in [-0.2, -0.15) is 0 Å².